The summed E-state index contributed by atoms with van der Waals surface area (Å²) < 4.78 is 36.7. The lowest BCUT2D eigenvalue weighted by molar-refractivity contribution is -0.138. The van der Waals surface area contributed by atoms with Gasteiger partial charge in [0.25, 0.3) is 0 Å². The minimum Gasteiger partial charge on any atom is -0.350 e. The van der Waals surface area contributed by atoms with Crippen LogP contribution in [-0.2, 0) is 6.18 Å². The molecule has 2 N–H and O–H groups in total. The van der Waals surface area contributed by atoms with Crippen LogP contribution in [0.5, 0.6) is 0 Å². The summed E-state index contributed by atoms with van der Waals surface area (Å²) in [6, 6.07) is 0.0115. The number of aromatic nitrogens is 2. The molecule has 0 amide bonds. The first-order valence-corrected chi connectivity index (χ1v) is 5.49. The van der Waals surface area contributed by atoms with Gasteiger partial charge in [0.05, 0.1) is 0 Å². The van der Waals surface area contributed by atoms with Crippen molar-refractivity contribution in [3.63, 3.8) is 0 Å². The number of hydrogen-bond donors (Lipinski definition) is 1. The SMILES string of the molecule is CC(N)CCN(C)c1nnc(C(F)(F)F)s1. The van der Waals surface area contributed by atoms with E-state index in [1.807, 2.05) is 6.92 Å². The van der Waals surface area contributed by atoms with Gasteiger partial charge in [0.2, 0.25) is 10.1 Å². The maximum Gasteiger partial charge on any atom is 0.445 e. The maximum atomic E-state index is 12.2. The molecule has 1 unspecified atom stereocenters. The summed E-state index contributed by atoms with van der Waals surface area (Å²) in [5, 5.41) is 5.94. The monoisotopic (exact) mass is 254 g/mol. The molecule has 0 fully saturated rings. The van der Waals surface area contributed by atoms with Crippen LogP contribution >= 0.6 is 11.3 Å². The molecule has 0 saturated carbocycles. The van der Waals surface area contributed by atoms with Gasteiger partial charge in [-0.1, -0.05) is 11.3 Å². The second kappa shape index (κ2) is 4.96. The van der Waals surface area contributed by atoms with Crippen LogP contribution in [-0.4, -0.2) is 29.8 Å². The summed E-state index contributed by atoms with van der Waals surface area (Å²) in [6.45, 7) is 2.40. The van der Waals surface area contributed by atoms with Crippen molar-refractivity contribution in [2.75, 3.05) is 18.5 Å². The summed E-state index contributed by atoms with van der Waals surface area (Å²) in [5.41, 5.74) is 5.55. The van der Waals surface area contributed by atoms with E-state index in [9.17, 15) is 13.2 Å². The van der Waals surface area contributed by atoms with Crippen LogP contribution in [0.2, 0.25) is 0 Å². The van der Waals surface area contributed by atoms with E-state index >= 15 is 0 Å². The standard InChI is InChI=1S/C8H13F3N4S/c1-5(12)3-4-15(2)7-14-13-6(16-7)8(9,10)11/h5H,3-4,12H2,1-2H3. The fraction of sp³-hybridized carbons (Fsp3) is 0.750. The van der Waals surface area contributed by atoms with E-state index < -0.39 is 11.2 Å². The molecule has 0 bridgehead atoms. The van der Waals surface area contributed by atoms with Crippen molar-refractivity contribution in [1.29, 1.82) is 0 Å². The quantitative estimate of drug-likeness (QED) is 0.889. The molecule has 1 rings (SSSR count). The summed E-state index contributed by atoms with van der Waals surface area (Å²) in [4.78, 5) is 1.62. The Morgan fingerprint density at radius 1 is 1.44 bits per heavy atom. The van der Waals surface area contributed by atoms with E-state index in [2.05, 4.69) is 10.2 Å². The number of alkyl halides is 3. The largest absolute Gasteiger partial charge is 0.445 e. The lowest BCUT2D eigenvalue weighted by Crippen LogP contribution is -2.25. The van der Waals surface area contributed by atoms with E-state index in [1.165, 1.54) is 0 Å². The number of anilines is 1. The Morgan fingerprint density at radius 2 is 2.06 bits per heavy atom. The van der Waals surface area contributed by atoms with Crippen LogP contribution < -0.4 is 10.6 Å². The van der Waals surface area contributed by atoms with Gasteiger partial charge in [0.1, 0.15) is 0 Å². The van der Waals surface area contributed by atoms with Crippen molar-refractivity contribution in [2.45, 2.75) is 25.6 Å². The molecule has 0 aliphatic rings. The topological polar surface area (TPSA) is 55.0 Å². The average Bonchev–Trinajstić information content (AvgIpc) is 2.61. The van der Waals surface area contributed by atoms with Crippen LogP contribution in [0.25, 0.3) is 0 Å². The van der Waals surface area contributed by atoms with E-state index in [1.54, 1.807) is 11.9 Å². The second-order valence-electron chi connectivity index (χ2n) is 3.58. The Balaban J connectivity index is 2.63. The zero-order chi connectivity index (χ0) is 12.3. The molecule has 1 aromatic rings. The third kappa shape index (κ3) is 3.60. The normalized spacial score (nSPS) is 13.9. The van der Waals surface area contributed by atoms with Gasteiger partial charge in [0, 0.05) is 19.6 Å². The van der Waals surface area contributed by atoms with Gasteiger partial charge in [0.15, 0.2) is 0 Å². The summed E-state index contributed by atoms with van der Waals surface area (Å²) >= 11 is 0.537. The highest BCUT2D eigenvalue weighted by atomic mass is 32.1. The van der Waals surface area contributed by atoms with E-state index in [4.69, 9.17) is 5.73 Å². The molecule has 0 radical (unpaired) electrons. The molecule has 16 heavy (non-hydrogen) atoms. The van der Waals surface area contributed by atoms with Crippen LogP contribution in [0, 0.1) is 0 Å². The predicted molar refractivity (Wildman–Crippen MR) is 56.4 cm³/mol. The Morgan fingerprint density at radius 3 is 2.50 bits per heavy atom. The first kappa shape index (κ1) is 13.2. The van der Waals surface area contributed by atoms with Gasteiger partial charge >= 0.3 is 6.18 Å². The van der Waals surface area contributed by atoms with Gasteiger partial charge in [-0.2, -0.15) is 13.2 Å². The summed E-state index contributed by atoms with van der Waals surface area (Å²) in [6.07, 6.45) is -3.73. The molecule has 1 heterocycles. The van der Waals surface area contributed by atoms with Gasteiger partial charge < -0.3 is 10.6 Å². The van der Waals surface area contributed by atoms with Crippen molar-refractivity contribution < 1.29 is 13.2 Å². The number of rotatable bonds is 4. The number of nitrogens with zero attached hydrogens (tertiary/aromatic N) is 3. The maximum absolute atomic E-state index is 12.2. The van der Waals surface area contributed by atoms with Crippen molar-refractivity contribution >= 4 is 16.5 Å². The van der Waals surface area contributed by atoms with Crippen molar-refractivity contribution in [3.05, 3.63) is 5.01 Å². The van der Waals surface area contributed by atoms with Gasteiger partial charge in [-0.3, -0.25) is 0 Å². The molecule has 92 valence electrons. The fourth-order valence-corrected chi connectivity index (χ4v) is 1.68. The smallest absolute Gasteiger partial charge is 0.350 e. The minimum absolute atomic E-state index is 0.0115. The number of nitrogens with two attached hydrogens (primary N) is 1. The van der Waals surface area contributed by atoms with E-state index in [0.29, 0.717) is 24.3 Å². The number of halogens is 3. The van der Waals surface area contributed by atoms with Crippen LogP contribution in [0.4, 0.5) is 18.3 Å². The van der Waals surface area contributed by atoms with E-state index in [0.717, 1.165) is 0 Å². The summed E-state index contributed by atoms with van der Waals surface area (Å²) in [7, 11) is 1.67. The zero-order valence-corrected chi connectivity index (χ0v) is 9.77. The fourth-order valence-electron chi connectivity index (χ4n) is 0.977. The number of hydrogen-bond acceptors (Lipinski definition) is 5. The van der Waals surface area contributed by atoms with Crippen LogP contribution in [0.15, 0.2) is 0 Å². The molecule has 0 aliphatic heterocycles. The lowest BCUT2D eigenvalue weighted by atomic mass is 10.2. The van der Waals surface area contributed by atoms with Crippen molar-refractivity contribution in [2.24, 2.45) is 5.73 Å². The highest BCUT2D eigenvalue weighted by Crippen LogP contribution is 2.33. The van der Waals surface area contributed by atoms with Crippen molar-refractivity contribution in [1.82, 2.24) is 10.2 Å². The molecule has 0 aliphatic carbocycles. The molecule has 0 aromatic carbocycles. The molecule has 4 nitrogen and oxygen atoms in total. The Bertz CT molecular complexity index is 336. The predicted octanol–water partition coefficient (Wildman–Crippen LogP) is 1.73. The van der Waals surface area contributed by atoms with Crippen LogP contribution in [0.3, 0.4) is 0 Å². The average molecular weight is 254 g/mol. The molecule has 1 atom stereocenters. The molecular weight excluding hydrogens is 241 g/mol. The van der Waals surface area contributed by atoms with Gasteiger partial charge in [-0.25, -0.2) is 0 Å². The van der Waals surface area contributed by atoms with Gasteiger partial charge in [-0.05, 0) is 13.3 Å². The summed E-state index contributed by atoms with van der Waals surface area (Å²) in [5.74, 6) is 0. The second-order valence-corrected chi connectivity index (χ2v) is 4.53. The molecule has 1 aromatic heterocycles. The molecular formula is C8H13F3N4S. The minimum atomic E-state index is -4.42. The highest BCUT2D eigenvalue weighted by molar-refractivity contribution is 7.15. The Labute approximate surface area is 95.3 Å². The Hall–Kier alpha value is -0.890. The Kier molecular flexibility index (Phi) is 4.09. The third-order valence-electron chi connectivity index (χ3n) is 1.90. The third-order valence-corrected chi connectivity index (χ3v) is 2.99. The molecule has 0 saturated heterocycles. The van der Waals surface area contributed by atoms with Crippen molar-refractivity contribution in [3.8, 4) is 0 Å². The van der Waals surface area contributed by atoms with E-state index in [-0.39, 0.29) is 11.2 Å². The van der Waals surface area contributed by atoms with Crippen LogP contribution in [0.1, 0.15) is 18.4 Å². The lowest BCUT2D eigenvalue weighted by Gasteiger charge is -2.15. The molecule has 8 heteroatoms. The first-order chi connectivity index (χ1) is 7.30. The highest BCUT2D eigenvalue weighted by Gasteiger charge is 2.35. The van der Waals surface area contributed by atoms with Gasteiger partial charge in [-0.15, -0.1) is 10.2 Å². The first-order valence-electron chi connectivity index (χ1n) is 4.68. The zero-order valence-electron chi connectivity index (χ0n) is 8.95. The molecule has 0 spiro atoms.